The summed E-state index contributed by atoms with van der Waals surface area (Å²) in [5, 5.41) is 14.1. The van der Waals surface area contributed by atoms with Crippen molar-refractivity contribution in [2.75, 3.05) is 5.32 Å². The minimum Gasteiger partial charge on any atom is -0.491 e. The van der Waals surface area contributed by atoms with Gasteiger partial charge in [0.05, 0.1) is 11.0 Å². The van der Waals surface area contributed by atoms with E-state index in [0.29, 0.717) is 6.54 Å². The van der Waals surface area contributed by atoms with E-state index in [1.807, 2.05) is 31.2 Å². The molecule has 0 saturated heterocycles. The Morgan fingerprint density at radius 3 is 2.86 bits per heavy atom. The number of benzene rings is 1. The van der Waals surface area contributed by atoms with Crippen LogP contribution in [0.25, 0.3) is 0 Å². The van der Waals surface area contributed by atoms with E-state index in [0.717, 1.165) is 22.7 Å². The van der Waals surface area contributed by atoms with E-state index < -0.39 is 0 Å². The van der Waals surface area contributed by atoms with Gasteiger partial charge in [-0.15, -0.1) is 0 Å². The van der Waals surface area contributed by atoms with Gasteiger partial charge in [0, 0.05) is 29.2 Å². The summed E-state index contributed by atoms with van der Waals surface area (Å²) >= 11 is 1.19. The summed E-state index contributed by atoms with van der Waals surface area (Å²) in [6.45, 7) is 4.67. The monoisotopic (exact) mass is 306 g/mol. The first-order valence-electron chi connectivity index (χ1n) is 6.82. The maximum Gasteiger partial charge on any atom is 0.324 e. The van der Waals surface area contributed by atoms with Gasteiger partial charge in [0.1, 0.15) is 5.75 Å². The first-order valence-corrected chi connectivity index (χ1v) is 7.64. The van der Waals surface area contributed by atoms with Crippen LogP contribution in [-0.2, 0) is 6.54 Å². The minimum absolute atomic E-state index is 0.167. The van der Waals surface area contributed by atoms with Gasteiger partial charge in [-0.1, -0.05) is 24.3 Å². The Labute approximate surface area is 127 Å². The Kier molecular flexibility index (Phi) is 5.16. The first-order chi connectivity index (χ1) is 10.1. The van der Waals surface area contributed by atoms with Crippen LogP contribution in [0.3, 0.4) is 0 Å². The molecule has 2 aromatic rings. The van der Waals surface area contributed by atoms with Crippen molar-refractivity contribution in [3.63, 3.8) is 0 Å². The fourth-order valence-electron chi connectivity index (χ4n) is 1.74. The van der Waals surface area contributed by atoms with Gasteiger partial charge in [-0.2, -0.15) is 0 Å². The van der Waals surface area contributed by atoms with Crippen molar-refractivity contribution in [1.82, 2.24) is 0 Å². The predicted molar refractivity (Wildman–Crippen MR) is 85.1 cm³/mol. The van der Waals surface area contributed by atoms with Gasteiger partial charge in [-0.3, -0.25) is 10.1 Å². The molecule has 0 aliphatic rings. The molecule has 0 saturated carbocycles. The van der Waals surface area contributed by atoms with Crippen LogP contribution in [0.5, 0.6) is 5.75 Å². The number of nitro groups is 1. The molecule has 1 unspecified atom stereocenters. The summed E-state index contributed by atoms with van der Waals surface area (Å²) in [6.07, 6.45) is 1.14. The largest absolute Gasteiger partial charge is 0.491 e. The molecule has 6 heteroatoms. The minimum atomic E-state index is -0.366. The average molecular weight is 306 g/mol. The van der Waals surface area contributed by atoms with Gasteiger partial charge in [-0.25, -0.2) is 0 Å². The number of hydrogen-bond donors (Lipinski definition) is 1. The van der Waals surface area contributed by atoms with Crippen molar-refractivity contribution in [1.29, 1.82) is 0 Å². The smallest absolute Gasteiger partial charge is 0.324 e. The zero-order valence-corrected chi connectivity index (χ0v) is 12.9. The lowest BCUT2D eigenvalue weighted by Crippen LogP contribution is -2.09. The van der Waals surface area contributed by atoms with Crippen molar-refractivity contribution in [2.24, 2.45) is 0 Å². The van der Waals surface area contributed by atoms with Crippen LogP contribution in [0, 0.1) is 10.1 Å². The second-order valence-corrected chi connectivity index (χ2v) is 5.86. The van der Waals surface area contributed by atoms with E-state index in [1.54, 1.807) is 6.07 Å². The van der Waals surface area contributed by atoms with E-state index in [1.165, 1.54) is 17.4 Å². The maximum absolute atomic E-state index is 10.6. The van der Waals surface area contributed by atoms with E-state index in [-0.39, 0.29) is 16.0 Å². The van der Waals surface area contributed by atoms with Gasteiger partial charge >= 0.3 is 5.00 Å². The topological polar surface area (TPSA) is 64.4 Å². The quantitative estimate of drug-likeness (QED) is 0.606. The van der Waals surface area contributed by atoms with Crippen LogP contribution < -0.4 is 10.1 Å². The molecule has 0 aliphatic heterocycles. The Hall–Kier alpha value is -2.08. The fraction of sp³-hybridized carbons (Fsp3) is 0.333. The van der Waals surface area contributed by atoms with E-state index >= 15 is 0 Å². The lowest BCUT2D eigenvalue weighted by Gasteiger charge is -2.13. The molecular weight excluding hydrogens is 288 g/mol. The van der Waals surface area contributed by atoms with Gasteiger partial charge in [0.25, 0.3) is 0 Å². The molecule has 2 rings (SSSR count). The normalized spacial score (nSPS) is 11.9. The number of nitrogens with zero attached hydrogens (tertiary/aromatic N) is 1. The third-order valence-corrected chi connectivity index (χ3v) is 4.08. The average Bonchev–Trinajstić information content (AvgIpc) is 2.94. The summed E-state index contributed by atoms with van der Waals surface area (Å²) in [4.78, 5) is 11.2. The van der Waals surface area contributed by atoms with Gasteiger partial charge in [0.2, 0.25) is 0 Å². The molecule has 0 fully saturated rings. The standard InChI is InChI=1S/C15H18N2O3S/c1-3-11(2)20-13-6-4-5-12(9-13)16-10-14-7-8-15(21-14)17(18)19/h4-9,11,16H,3,10H2,1-2H3. The van der Waals surface area contributed by atoms with Crippen molar-refractivity contribution in [2.45, 2.75) is 32.9 Å². The van der Waals surface area contributed by atoms with Crippen LogP contribution in [0.4, 0.5) is 10.7 Å². The lowest BCUT2D eigenvalue weighted by atomic mass is 10.2. The number of rotatable bonds is 7. The first kappa shape index (κ1) is 15.3. The highest BCUT2D eigenvalue weighted by Crippen LogP contribution is 2.25. The number of nitrogens with one attached hydrogen (secondary N) is 1. The Morgan fingerprint density at radius 2 is 2.19 bits per heavy atom. The molecule has 0 amide bonds. The maximum atomic E-state index is 10.6. The molecule has 112 valence electrons. The van der Waals surface area contributed by atoms with E-state index in [9.17, 15) is 10.1 Å². The summed E-state index contributed by atoms with van der Waals surface area (Å²) in [7, 11) is 0. The highest BCUT2D eigenvalue weighted by atomic mass is 32.1. The summed E-state index contributed by atoms with van der Waals surface area (Å²) in [5.74, 6) is 0.825. The molecule has 1 atom stereocenters. The molecule has 1 heterocycles. The summed E-state index contributed by atoms with van der Waals surface area (Å²) in [5.41, 5.74) is 0.937. The Balaban J connectivity index is 1.96. The molecule has 0 radical (unpaired) electrons. The fourth-order valence-corrected chi connectivity index (χ4v) is 2.50. The zero-order valence-electron chi connectivity index (χ0n) is 12.0. The van der Waals surface area contributed by atoms with Crippen LogP contribution >= 0.6 is 11.3 Å². The number of anilines is 1. The van der Waals surface area contributed by atoms with Crippen LogP contribution in [0.1, 0.15) is 25.1 Å². The predicted octanol–water partition coefficient (Wildman–Crippen LogP) is 4.45. The Morgan fingerprint density at radius 1 is 1.38 bits per heavy atom. The second-order valence-electron chi connectivity index (χ2n) is 4.72. The lowest BCUT2D eigenvalue weighted by molar-refractivity contribution is -0.380. The molecule has 1 aromatic heterocycles. The van der Waals surface area contributed by atoms with Gasteiger partial charge < -0.3 is 10.1 Å². The van der Waals surface area contributed by atoms with Crippen LogP contribution in [0.2, 0.25) is 0 Å². The van der Waals surface area contributed by atoms with E-state index in [2.05, 4.69) is 12.2 Å². The molecule has 0 bridgehead atoms. The molecule has 0 spiro atoms. The summed E-state index contributed by atoms with van der Waals surface area (Å²) in [6, 6.07) is 11.0. The zero-order chi connectivity index (χ0) is 15.2. The Bertz CT molecular complexity index is 612. The number of ether oxygens (including phenoxy) is 1. The second kappa shape index (κ2) is 7.08. The van der Waals surface area contributed by atoms with Crippen molar-refractivity contribution in [3.8, 4) is 5.75 Å². The SMILES string of the molecule is CCC(C)Oc1cccc(NCc2ccc([N+](=O)[O-])s2)c1. The third-order valence-electron chi connectivity index (χ3n) is 3.04. The molecule has 0 aliphatic carbocycles. The van der Waals surface area contributed by atoms with Gasteiger partial charge in [0.15, 0.2) is 0 Å². The molecule has 1 aromatic carbocycles. The highest BCUT2D eigenvalue weighted by Gasteiger charge is 2.09. The van der Waals surface area contributed by atoms with Crippen LogP contribution in [-0.4, -0.2) is 11.0 Å². The molecule has 21 heavy (non-hydrogen) atoms. The summed E-state index contributed by atoms with van der Waals surface area (Å²) < 4.78 is 5.77. The highest BCUT2D eigenvalue weighted by molar-refractivity contribution is 7.15. The molecular formula is C15H18N2O3S. The number of thiophene rings is 1. The number of hydrogen-bond acceptors (Lipinski definition) is 5. The molecule has 1 N–H and O–H groups in total. The van der Waals surface area contributed by atoms with Crippen LogP contribution in [0.15, 0.2) is 36.4 Å². The van der Waals surface area contributed by atoms with Gasteiger partial charge in [-0.05, 0) is 31.5 Å². The van der Waals surface area contributed by atoms with Crippen molar-refractivity contribution < 1.29 is 9.66 Å². The van der Waals surface area contributed by atoms with Crippen molar-refractivity contribution in [3.05, 3.63) is 51.4 Å². The van der Waals surface area contributed by atoms with E-state index in [4.69, 9.17) is 4.74 Å². The van der Waals surface area contributed by atoms with Crippen molar-refractivity contribution >= 4 is 22.0 Å². The molecule has 5 nitrogen and oxygen atoms in total. The third kappa shape index (κ3) is 4.46.